The summed E-state index contributed by atoms with van der Waals surface area (Å²) < 4.78 is 36.8. The van der Waals surface area contributed by atoms with Crippen LogP contribution in [0.15, 0.2) is 36.3 Å². The molecule has 0 atom stereocenters. The highest BCUT2D eigenvalue weighted by Crippen LogP contribution is 2.14. The molecule has 1 N–H and O–H groups in total. The minimum Gasteiger partial charge on any atom is -0.277 e. The molecule has 1 aromatic carbocycles. The van der Waals surface area contributed by atoms with Gasteiger partial charge in [0.2, 0.25) is 0 Å². The molecule has 0 amide bonds. The van der Waals surface area contributed by atoms with Crippen molar-refractivity contribution in [3.05, 3.63) is 42.1 Å². The van der Waals surface area contributed by atoms with Gasteiger partial charge in [0.05, 0.1) is 5.69 Å². The van der Waals surface area contributed by atoms with E-state index < -0.39 is 15.8 Å². The number of rotatable bonds is 3. The van der Waals surface area contributed by atoms with Gasteiger partial charge in [-0.3, -0.25) is 4.72 Å². The van der Waals surface area contributed by atoms with E-state index >= 15 is 0 Å². The molecule has 0 unspecified atom stereocenters. The molecule has 0 heterocycles. The standard InChI is InChI=1S/C8H8FNO2S/c1-2-13(11,12)10-8-6-4-3-5-7(8)9/h2-6,10H,1H2. The Morgan fingerprint density at radius 1 is 1.38 bits per heavy atom. The van der Waals surface area contributed by atoms with Crippen LogP contribution in [0.3, 0.4) is 0 Å². The molecule has 13 heavy (non-hydrogen) atoms. The SMILES string of the molecule is C=CS(=O)(=O)Nc1ccccc1F. The second kappa shape index (κ2) is 3.57. The van der Waals surface area contributed by atoms with E-state index in [0.717, 1.165) is 5.41 Å². The molecule has 5 heteroatoms. The van der Waals surface area contributed by atoms with Gasteiger partial charge in [0.25, 0.3) is 10.0 Å². The lowest BCUT2D eigenvalue weighted by Gasteiger charge is -2.03. The Morgan fingerprint density at radius 3 is 2.54 bits per heavy atom. The maximum atomic E-state index is 12.9. The molecule has 0 aliphatic heterocycles. The first kappa shape index (κ1) is 9.73. The summed E-state index contributed by atoms with van der Waals surface area (Å²) in [6.07, 6.45) is 0. The van der Waals surface area contributed by atoms with Gasteiger partial charge in [-0.15, -0.1) is 0 Å². The van der Waals surface area contributed by atoms with E-state index in [0.29, 0.717) is 0 Å². The molecule has 0 bridgehead atoms. The number of nitrogens with one attached hydrogen (secondary N) is 1. The third-order valence-electron chi connectivity index (χ3n) is 1.35. The van der Waals surface area contributed by atoms with Gasteiger partial charge in [-0.05, 0) is 12.1 Å². The highest BCUT2D eigenvalue weighted by atomic mass is 32.2. The third-order valence-corrected chi connectivity index (χ3v) is 2.29. The lowest BCUT2D eigenvalue weighted by molar-refractivity contribution is 0.606. The fraction of sp³-hybridized carbons (Fsp3) is 0. The highest BCUT2D eigenvalue weighted by molar-refractivity contribution is 7.95. The van der Waals surface area contributed by atoms with Crippen molar-refractivity contribution in [2.45, 2.75) is 0 Å². The normalized spacial score (nSPS) is 10.8. The predicted molar refractivity (Wildman–Crippen MR) is 49.1 cm³/mol. The zero-order valence-electron chi connectivity index (χ0n) is 6.70. The van der Waals surface area contributed by atoms with Gasteiger partial charge in [-0.25, -0.2) is 12.8 Å². The molecule has 3 nitrogen and oxygen atoms in total. The van der Waals surface area contributed by atoms with Gasteiger partial charge >= 0.3 is 0 Å². The Bertz CT molecular complexity index is 414. The van der Waals surface area contributed by atoms with E-state index in [1.807, 2.05) is 4.72 Å². The van der Waals surface area contributed by atoms with Crippen LogP contribution < -0.4 is 4.72 Å². The van der Waals surface area contributed by atoms with Crippen molar-refractivity contribution in [1.82, 2.24) is 0 Å². The van der Waals surface area contributed by atoms with Crippen molar-refractivity contribution in [1.29, 1.82) is 0 Å². The molecule has 70 valence electrons. The zero-order chi connectivity index (χ0) is 9.90. The Morgan fingerprint density at radius 2 is 2.00 bits per heavy atom. The lowest BCUT2D eigenvalue weighted by Crippen LogP contribution is -2.09. The van der Waals surface area contributed by atoms with Crippen LogP contribution in [0.4, 0.5) is 10.1 Å². The minimum atomic E-state index is -3.62. The molecule has 0 aromatic heterocycles. The van der Waals surface area contributed by atoms with Crippen molar-refractivity contribution in [2.75, 3.05) is 4.72 Å². The average molecular weight is 201 g/mol. The summed E-state index contributed by atoms with van der Waals surface area (Å²) in [6.45, 7) is 3.09. The fourth-order valence-electron chi connectivity index (χ4n) is 0.739. The van der Waals surface area contributed by atoms with Crippen molar-refractivity contribution in [3.63, 3.8) is 0 Å². The predicted octanol–water partition coefficient (Wildman–Crippen LogP) is 1.71. The van der Waals surface area contributed by atoms with Crippen LogP contribution in [0.25, 0.3) is 0 Å². The number of para-hydroxylation sites is 1. The fourth-order valence-corrected chi connectivity index (χ4v) is 1.29. The number of sulfonamides is 1. The van der Waals surface area contributed by atoms with E-state index in [1.165, 1.54) is 24.3 Å². The van der Waals surface area contributed by atoms with Crippen LogP contribution in [0.2, 0.25) is 0 Å². The van der Waals surface area contributed by atoms with Crippen LogP contribution >= 0.6 is 0 Å². The van der Waals surface area contributed by atoms with E-state index in [4.69, 9.17) is 0 Å². The Kier molecular flexibility index (Phi) is 2.67. The van der Waals surface area contributed by atoms with Crippen molar-refractivity contribution < 1.29 is 12.8 Å². The largest absolute Gasteiger partial charge is 0.277 e. The van der Waals surface area contributed by atoms with E-state index in [-0.39, 0.29) is 5.69 Å². The maximum Gasteiger partial charge on any atom is 0.254 e. The minimum absolute atomic E-state index is 0.0811. The molecular weight excluding hydrogens is 193 g/mol. The van der Waals surface area contributed by atoms with Gasteiger partial charge in [-0.2, -0.15) is 0 Å². The summed E-state index contributed by atoms with van der Waals surface area (Å²) in [7, 11) is -3.62. The van der Waals surface area contributed by atoms with Crippen molar-refractivity contribution in [3.8, 4) is 0 Å². The summed E-state index contributed by atoms with van der Waals surface area (Å²) in [5.41, 5.74) is -0.0811. The number of benzene rings is 1. The quantitative estimate of drug-likeness (QED) is 0.809. The summed E-state index contributed by atoms with van der Waals surface area (Å²) in [5, 5.41) is 0.722. The number of anilines is 1. The third kappa shape index (κ3) is 2.55. The first-order valence-electron chi connectivity index (χ1n) is 3.45. The van der Waals surface area contributed by atoms with Gasteiger partial charge in [0.1, 0.15) is 5.82 Å². The van der Waals surface area contributed by atoms with Crippen LogP contribution in [0, 0.1) is 5.82 Å². The van der Waals surface area contributed by atoms with Crippen molar-refractivity contribution >= 4 is 15.7 Å². The monoisotopic (exact) mass is 201 g/mol. The van der Waals surface area contributed by atoms with E-state index in [1.54, 1.807) is 0 Å². The summed E-state index contributed by atoms with van der Waals surface area (Å²) >= 11 is 0. The topological polar surface area (TPSA) is 46.2 Å². The smallest absolute Gasteiger partial charge is 0.254 e. The molecule has 0 radical (unpaired) electrons. The molecule has 0 saturated carbocycles. The second-order valence-corrected chi connectivity index (χ2v) is 3.92. The molecule has 1 rings (SSSR count). The highest BCUT2D eigenvalue weighted by Gasteiger charge is 2.07. The molecule has 0 fully saturated rings. The van der Waals surface area contributed by atoms with Crippen LogP contribution in [-0.4, -0.2) is 8.42 Å². The Labute approximate surface area is 75.9 Å². The maximum absolute atomic E-state index is 12.9. The molecule has 1 aromatic rings. The first-order valence-corrected chi connectivity index (χ1v) is 4.99. The number of hydrogen-bond acceptors (Lipinski definition) is 2. The molecular formula is C8H8FNO2S. The first-order chi connectivity index (χ1) is 6.05. The molecule has 0 saturated heterocycles. The summed E-state index contributed by atoms with van der Waals surface area (Å²) in [5.74, 6) is -0.618. The van der Waals surface area contributed by atoms with Crippen molar-refractivity contribution in [2.24, 2.45) is 0 Å². The van der Waals surface area contributed by atoms with Gasteiger partial charge in [0, 0.05) is 5.41 Å². The molecule has 0 aliphatic rings. The van der Waals surface area contributed by atoms with Crippen LogP contribution in [0.1, 0.15) is 0 Å². The molecule has 0 aliphatic carbocycles. The van der Waals surface area contributed by atoms with Gasteiger partial charge in [0.15, 0.2) is 0 Å². The Balaban J connectivity index is 3.00. The van der Waals surface area contributed by atoms with Gasteiger partial charge in [-0.1, -0.05) is 18.7 Å². The van der Waals surface area contributed by atoms with E-state index in [9.17, 15) is 12.8 Å². The number of halogens is 1. The molecule has 0 spiro atoms. The lowest BCUT2D eigenvalue weighted by atomic mass is 10.3. The van der Waals surface area contributed by atoms with Crippen LogP contribution in [-0.2, 0) is 10.0 Å². The average Bonchev–Trinajstić information content (AvgIpc) is 2.09. The van der Waals surface area contributed by atoms with Crippen LogP contribution in [0.5, 0.6) is 0 Å². The summed E-state index contributed by atoms with van der Waals surface area (Å²) in [6, 6.07) is 5.50. The second-order valence-electron chi connectivity index (χ2n) is 2.29. The van der Waals surface area contributed by atoms with E-state index in [2.05, 4.69) is 6.58 Å². The van der Waals surface area contributed by atoms with Gasteiger partial charge < -0.3 is 0 Å². The number of hydrogen-bond donors (Lipinski definition) is 1. The Hall–Kier alpha value is -1.36. The zero-order valence-corrected chi connectivity index (χ0v) is 7.51. The summed E-state index contributed by atoms with van der Waals surface area (Å²) in [4.78, 5) is 0.